The van der Waals surface area contributed by atoms with Crippen molar-refractivity contribution in [2.24, 2.45) is 0 Å². The van der Waals surface area contributed by atoms with Crippen LogP contribution in [0.4, 0.5) is 5.69 Å². The third-order valence-corrected chi connectivity index (χ3v) is 5.52. The monoisotopic (exact) mass is 403 g/mol. The number of nitrogens with zero attached hydrogens (tertiary/aromatic N) is 1. The number of ether oxygens (including phenoxy) is 1. The largest absolute Gasteiger partial charge is 0.494 e. The molecule has 1 saturated heterocycles. The zero-order valence-electron chi connectivity index (χ0n) is 15.3. The average molecular weight is 403 g/mol. The van der Waals surface area contributed by atoms with Crippen molar-refractivity contribution < 1.29 is 22.7 Å². The Morgan fingerprint density at radius 1 is 1.11 bits per heavy atom. The first-order valence-corrected chi connectivity index (χ1v) is 10.3. The minimum atomic E-state index is -3.94. The molecule has 9 heteroatoms. The van der Waals surface area contributed by atoms with Gasteiger partial charge in [-0.3, -0.25) is 15.0 Å². The predicted molar refractivity (Wildman–Crippen MR) is 103 cm³/mol. The molecule has 0 aromatic heterocycles. The summed E-state index contributed by atoms with van der Waals surface area (Å²) in [6.45, 7) is 2.99. The van der Waals surface area contributed by atoms with E-state index in [9.17, 15) is 18.0 Å². The van der Waals surface area contributed by atoms with Crippen LogP contribution in [0.1, 0.15) is 30.1 Å². The van der Waals surface area contributed by atoms with E-state index in [2.05, 4.69) is 10.3 Å². The Morgan fingerprint density at radius 3 is 2.36 bits per heavy atom. The topological polar surface area (TPSA) is 105 Å². The lowest BCUT2D eigenvalue weighted by Gasteiger charge is -2.16. The Labute approximate surface area is 163 Å². The molecule has 2 N–H and O–H groups in total. The number of carbonyl (C=O) groups excluding carboxylic acids is 2. The second-order valence-corrected chi connectivity index (χ2v) is 7.84. The van der Waals surface area contributed by atoms with Crippen LogP contribution in [0.2, 0.25) is 0 Å². The van der Waals surface area contributed by atoms with Crippen molar-refractivity contribution in [2.75, 3.05) is 18.1 Å². The van der Waals surface area contributed by atoms with Crippen LogP contribution < -0.4 is 19.9 Å². The van der Waals surface area contributed by atoms with Gasteiger partial charge in [0.2, 0.25) is 5.91 Å². The summed E-state index contributed by atoms with van der Waals surface area (Å²) in [6.07, 6.45) is 1.29. The van der Waals surface area contributed by atoms with Crippen molar-refractivity contribution in [2.45, 2.75) is 24.7 Å². The summed E-state index contributed by atoms with van der Waals surface area (Å²) < 4.78 is 30.1. The fourth-order valence-electron chi connectivity index (χ4n) is 2.84. The minimum absolute atomic E-state index is 0.0186. The summed E-state index contributed by atoms with van der Waals surface area (Å²) >= 11 is 0. The molecule has 1 aliphatic heterocycles. The van der Waals surface area contributed by atoms with E-state index in [0.717, 1.165) is 6.42 Å². The van der Waals surface area contributed by atoms with Crippen molar-refractivity contribution in [3.63, 3.8) is 0 Å². The fraction of sp³-hybridized carbons (Fsp3) is 0.263. The lowest BCUT2D eigenvalue weighted by atomic mass is 10.2. The molecule has 0 unspecified atom stereocenters. The van der Waals surface area contributed by atoms with E-state index in [1.54, 1.807) is 29.2 Å². The Bertz CT molecular complexity index is 956. The second kappa shape index (κ2) is 8.41. The molecule has 1 fully saturated rings. The molecule has 0 radical (unpaired) electrons. The SMILES string of the molecule is CCOc1ccc(C(=O)NNS(=O)(=O)c2ccc(N3CCCC3=O)cc2)cc1. The van der Waals surface area contributed by atoms with Crippen LogP contribution in [0.5, 0.6) is 5.75 Å². The number of carbonyl (C=O) groups is 2. The van der Waals surface area contributed by atoms with Gasteiger partial charge in [0.25, 0.3) is 15.9 Å². The van der Waals surface area contributed by atoms with E-state index in [1.165, 1.54) is 24.3 Å². The fourth-order valence-corrected chi connectivity index (χ4v) is 3.68. The highest BCUT2D eigenvalue weighted by atomic mass is 32.2. The maximum atomic E-state index is 12.4. The molecule has 0 spiro atoms. The number of sulfonamides is 1. The number of anilines is 1. The summed E-state index contributed by atoms with van der Waals surface area (Å²) in [5.74, 6) is 0.0541. The number of amides is 2. The summed E-state index contributed by atoms with van der Waals surface area (Å²) in [7, 11) is -3.94. The number of nitrogens with one attached hydrogen (secondary N) is 2. The lowest BCUT2D eigenvalue weighted by molar-refractivity contribution is -0.117. The van der Waals surface area contributed by atoms with Gasteiger partial charge in [0, 0.05) is 24.2 Å². The molecule has 0 saturated carbocycles. The van der Waals surface area contributed by atoms with E-state index >= 15 is 0 Å². The highest BCUT2D eigenvalue weighted by Crippen LogP contribution is 2.22. The minimum Gasteiger partial charge on any atom is -0.494 e. The highest BCUT2D eigenvalue weighted by molar-refractivity contribution is 7.89. The van der Waals surface area contributed by atoms with Gasteiger partial charge in [0.05, 0.1) is 11.5 Å². The first kappa shape index (κ1) is 19.8. The van der Waals surface area contributed by atoms with E-state index in [4.69, 9.17) is 4.74 Å². The number of hydrogen-bond donors (Lipinski definition) is 2. The molecule has 3 rings (SSSR count). The molecule has 28 heavy (non-hydrogen) atoms. The van der Waals surface area contributed by atoms with Gasteiger partial charge < -0.3 is 9.64 Å². The van der Waals surface area contributed by atoms with Crippen molar-refractivity contribution >= 4 is 27.5 Å². The van der Waals surface area contributed by atoms with E-state index in [0.29, 0.717) is 31.0 Å². The standard InChI is InChI=1S/C19H21N3O5S/c1-2-27-16-9-5-14(6-10-16)19(24)20-21-28(25,26)17-11-7-15(8-12-17)22-13-3-4-18(22)23/h5-12,21H,2-4,13H2,1H3,(H,20,24). The van der Waals surface area contributed by atoms with Crippen LogP contribution >= 0.6 is 0 Å². The van der Waals surface area contributed by atoms with Gasteiger partial charge in [-0.05, 0) is 61.9 Å². The average Bonchev–Trinajstić information content (AvgIpc) is 3.13. The molecule has 1 aliphatic rings. The predicted octanol–water partition coefficient (Wildman–Crippen LogP) is 1.84. The smallest absolute Gasteiger partial charge is 0.266 e. The zero-order chi connectivity index (χ0) is 20.1. The normalized spacial score (nSPS) is 14.2. The number of benzene rings is 2. The maximum absolute atomic E-state index is 12.4. The third kappa shape index (κ3) is 4.49. The second-order valence-electron chi connectivity index (χ2n) is 6.16. The first-order valence-electron chi connectivity index (χ1n) is 8.86. The molecule has 2 amide bonds. The third-order valence-electron chi connectivity index (χ3n) is 4.26. The number of hydrazine groups is 1. The zero-order valence-corrected chi connectivity index (χ0v) is 16.2. The number of rotatable bonds is 7. The van der Waals surface area contributed by atoms with Crippen LogP contribution in [0.3, 0.4) is 0 Å². The highest BCUT2D eigenvalue weighted by Gasteiger charge is 2.22. The molecule has 2 aromatic carbocycles. The van der Waals surface area contributed by atoms with Gasteiger partial charge in [0.15, 0.2) is 0 Å². The molecule has 1 heterocycles. The van der Waals surface area contributed by atoms with Gasteiger partial charge in [-0.1, -0.05) is 0 Å². The molecule has 148 valence electrons. The van der Waals surface area contributed by atoms with Crippen molar-refractivity contribution in [1.29, 1.82) is 0 Å². The Morgan fingerprint density at radius 2 is 1.79 bits per heavy atom. The first-order chi connectivity index (χ1) is 13.4. The molecule has 8 nitrogen and oxygen atoms in total. The van der Waals surface area contributed by atoms with Crippen molar-refractivity contribution in [1.82, 2.24) is 10.3 Å². The van der Waals surface area contributed by atoms with Crippen LogP contribution in [-0.2, 0) is 14.8 Å². The van der Waals surface area contributed by atoms with Gasteiger partial charge in [0.1, 0.15) is 5.75 Å². The molecular weight excluding hydrogens is 382 g/mol. The van der Waals surface area contributed by atoms with Crippen LogP contribution in [0.25, 0.3) is 0 Å². The summed E-state index contributed by atoms with van der Waals surface area (Å²) in [5.41, 5.74) is 3.12. The van der Waals surface area contributed by atoms with Gasteiger partial charge >= 0.3 is 0 Å². The molecule has 0 atom stereocenters. The van der Waals surface area contributed by atoms with Crippen LogP contribution in [0.15, 0.2) is 53.4 Å². The van der Waals surface area contributed by atoms with Gasteiger partial charge in [-0.15, -0.1) is 4.83 Å². The van der Waals surface area contributed by atoms with Crippen LogP contribution in [-0.4, -0.2) is 33.4 Å². The van der Waals surface area contributed by atoms with Gasteiger partial charge in [-0.2, -0.15) is 0 Å². The summed E-state index contributed by atoms with van der Waals surface area (Å²) in [6, 6.07) is 12.3. The van der Waals surface area contributed by atoms with Crippen LogP contribution in [0, 0.1) is 0 Å². The number of hydrogen-bond acceptors (Lipinski definition) is 5. The maximum Gasteiger partial charge on any atom is 0.266 e. The van der Waals surface area contributed by atoms with Crippen molar-refractivity contribution in [3.05, 3.63) is 54.1 Å². The molecule has 0 aliphatic carbocycles. The molecular formula is C19H21N3O5S. The van der Waals surface area contributed by atoms with E-state index < -0.39 is 15.9 Å². The lowest BCUT2D eigenvalue weighted by Crippen LogP contribution is -2.41. The Balaban J connectivity index is 1.63. The Hall–Kier alpha value is -2.91. The van der Waals surface area contributed by atoms with Gasteiger partial charge in [-0.25, -0.2) is 8.42 Å². The Kier molecular flexibility index (Phi) is 5.96. The quantitative estimate of drug-likeness (QED) is 0.687. The molecule has 0 bridgehead atoms. The summed E-state index contributed by atoms with van der Waals surface area (Å²) in [5, 5.41) is 0. The van der Waals surface area contributed by atoms with E-state index in [1.807, 2.05) is 6.92 Å². The van der Waals surface area contributed by atoms with E-state index in [-0.39, 0.29) is 16.4 Å². The van der Waals surface area contributed by atoms with Crippen molar-refractivity contribution in [3.8, 4) is 5.75 Å². The molecule has 2 aromatic rings. The summed E-state index contributed by atoms with van der Waals surface area (Å²) in [4.78, 5) is 27.6.